The summed E-state index contributed by atoms with van der Waals surface area (Å²) < 4.78 is 0. The predicted molar refractivity (Wildman–Crippen MR) is 79.5 cm³/mol. The van der Waals surface area contributed by atoms with Crippen molar-refractivity contribution in [1.29, 1.82) is 0 Å². The van der Waals surface area contributed by atoms with E-state index >= 15 is 0 Å². The van der Waals surface area contributed by atoms with Crippen LogP contribution in [-0.2, 0) is 0 Å². The number of phenols is 1. The van der Waals surface area contributed by atoms with Crippen LogP contribution in [0.5, 0.6) is 5.75 Å². The molecular formula is C15H15N3O4. The maximum absolute atomic E-state index is 12.4. The van der Waals surface area contributed by atoms with E-state index in [-0.39, 0.29) is 17.5 Å². The number of nitro benzene ring substituents is 1. The number of phenolic OH excluding ortho intramolecular Hbond substituents is 1. The van der Waals surface area contributed by atoms with Crippen LogP contribution in [-0.4, -0.2) is 32.9 Å². The van der Waals surface area contributed by atoms with E-state index in [0.717, 1.165) is 12.1 Å². The maximum Gasteiger partial charge on any atom is 0.311 e. The third-order valence-electron chi connectivity index (χ3n) is 3.44. The number of nitrogens with zero attached hydrogens (tertiary/aromatic N) is 3. The van der Waals surface area contributed by atoms with Crippen molar-refractivity contribution in [1.82, 2.24) is 9.88 Å². The molecule has 0 unspecified atom stereocenters. The summed E-state index contributed by atoms with van der Waals surface area (Å²) in [6, 6.07) is 8.68. The molecule has 0 aliphatic rings. The second-order valence-corrected chi connectivity index (χ2v) is 4.81. The van der Waals surface area contributed by atoms with E-state index in [1.807, 2.05) is 13.0 Å². The fourth-order valence-electron chi connectivity index (χ4n) is 2.00. The Morgan fingerprint density at radius 3 is 2.68 bits per heavy atom. The minimum atomic E-state index is -0.728. The Balaban J connectivity index is 2.28. The van der Waals surface area contributed by atoms with E-state index in [2.05, 4.69) is 4.98 Å². The van der Waals surface area contributed by atoms with Crippen LogP contribution in [0.25, 0.3) is 0 Å². The molecular weight excluding hydrogens is 286 g/mol. The van der Waals surface area contributed by atoms with Gasteiger partial charge < -0.3 is 10.0 Å². The molecule has 1 atom stereocenters. The molecule has 0 saturated heterocycles. The number of pyridine rings is 1. The highest BCUT2D eigenvalue weighted by molar-refractivity contribution is 5.95. The molecule has 0 radical (unpaired) electrons. The predicted octanol–water partition coefficient (Wildman–Crippen LogP) is 2.53. The Hall–Kier alpha value is -2.96. The molecule has 1 N–H and O–H groups in total. The Morgan fingerprint density at radius 2 is 2.09 bits per heavy atom. The van der Waals surface area contributed by atoms with E-state index in [4.69, 9.17) is 0 Å². The van der Waals surface area contributed by atoms with Crippen LogP contribution in [0.1, 0.15) is 29.0 Å². The number of carbonyl (C=O) groups is 1. The van der Waals surface area contributed by atoms with Gasteiger partial charge in [0.2, 0.25) is 0 Å². The van der Waals surface area contributed by atoms with Gasteiger partial charge in [-0.25, -0.2) is 0 Å². The SMILES string of the molecule is C[C@H](c1ccccn1)N(C)C(=O)c1ccc(O)c([N+](=O)[O-])c1. The quantitative estimate of drug-likeness (QED) is 0.691. The van der Waals surface area contributed by atoms with Crippen molar-refractivity contribution < 1.29 is 14.8 Å². The van der Waals surface area contributed by atoms with Gasteiger partial charge in [0.15, 0.2) is 5.75 Å². The largest absolute Gasteiger partial charge is 0.502 e. The molecule has 0 bridgehead atoms. The van der Waals surface area contributed by atoms with E-state index in [1.54, 1.807) is 25.4 Å². The molecule has 0 spiro atoms. The summed E-state index contributed by atoms with van der Waals surface area (Å²) in [7, 11) is 1.60. The topological polar surface area (TPSA) is 96.6 Å². The lowest BCUT2D eigenvalue weighted by molar-refractivity contribution is -0.385. The van der Waals surface area contributed by atoms with Crippen molar-refractivity contribution in [2.75, 3.05) is 7.05 Å². The molecule has 2 aromatic rings. The van der Waals surface area contributed by atoms with Gasteiger partial charge in [0.1, 0.15) is 0 Å². The second kappa shape index (κ2) is 6.21. The minimum absolute atomic E-state index is 0.134. The number of hydrogen-bond donors (Lipinski definition) is 1. The standard InChI is InChI=1S/C15H15N3O4/c1-10(12-5-3-4-8-16-12)17(2)15(20)11-6-7-14(19)13(9-11)18(21)22/h3-10,19H,1-2H3/t10-/m1/s1. The van der Waals surface area contributed by atoms with Gasteiger partial charge in [-0.15, -0.1) is 0 Å². The summed E-state index contributed by atoms with van der Waals surface area (Å²) in [6.45, 7) is 1.81. The monoisotopic (exact) mass is 301 g/mol. The highest BCUT2D eigenvalue weighted by Gasteiger charge is 2.23. The number of carbonyl (C=O) groups excluding carboxylic acids is 1. The third kappa shape index (κ3) is 3.03. The molecule has 0 aliphatic heterocycles. The molecule has 114 valence electrons. The average Bonchev–Trinajstić information content (AvgIpc) is 2.53. The Kier molecular flexibility index (Phi) is 4.36. The zero-order valence-electron chi connectivity index (χ0n) is 12.1. The van der Waals surface area contributed by atoms with Crippen molar-refractivity contribution in [2.45, 2.75) is 13.0 Å². The Labute approximate surface area is 127 Å². The lowest BCUT2D eigenvalue weighted by Crippen LogP contribution is -2.30. The number of aromatic hydroxyl groups is 1. The van der Waals surface area contributed by atoms with Gasteiger partial charge in [-0.3, -0.25) is 19.9 Å². The molecule has 1 amide bonds. The third-order valence-corrected chi connectivity index (χ3v) is 3.44. The molecule has 7 heteroatoms. The van der Waals surface area contributed by atoms with Gasteiger partial charge in [-0.1, -0.05) is 6.07 Å². The number of hydrogen-bond acceptors (Lipinski definition) is 5. The van der Waals surface area contributed by atoms with Gasteiger partial charge in [0.25, 0.3) is 5.91 Å². The number of rotatable bonds is 4. The molecule has 1 aromatic carbocycles. The van der Waals surface area contributed by atoms with Crippen LogP contribution in [0, 0.1) is 10.1 Å². The Bertz CT molecular complexity index is 703. The van der Waals surface area contributed by atoms with E-state index < -0.39 is 16.4 Å². The van der Waals surface area contributed by atoms with Gasteiger partial charge >= 0.3 is 5.69 Å². The van der Waals surface area contributed by atoms with Crippen LogP contribution >= 0.6 is 0 Å². The summed E-state index contributed by atoms with van der Waals surface area (Å²) in [6.07, 6.45) is 1.63. The second-order valence-electron chi connectivity index (χ2n) is 4.81. The minimum Gasteiger partial charge on any atom is -0.502 e. The van der Waals surface area contributed by atoms with Crippen molar-refractivity contribution in [3.05, 3.63) is 64.0 Å². The number of benzene rings is 1. The Morgan fingerprint density at radius 1 is 1.36 bits per heavy atom. The van der Waals surface area contributed by atoms with E-state index in [1.165, 1.54) is 11.0 Å². The number of nitro groups is 1. The van der Waals surface area contributed by atoms with Crippen LogP contribution in [0.15, 0.2) is 42.6 Å². The molecule has 0 aliphatic carbocycles. The molecule has 1 heterocycles. The first-order valence-electron chi connectivity index (χ1n) is 6.57. The summed E-state index contributed by atoms with van der Waals surface area (Å²) in [4.78, 5) is 28.2. The van der Waals surface area contributed by atoms with Crippen LogP contribution in [0.2, 0.25) is 0 Å². The zero-order valence-corrected chi connectivity index (χ0v) is 12.1. The smallest absolute Gasteiger partial charge is 0.311 e. The van der Waals surface area contributed by atoms with Gasteiger partial charge in [-0.2, -0.15) is 0 Å². The van der Waals surface area contributed by atoms with E-state index in [0.29, 0.717) is 5.69 Å². The summed E-state index contributed by atoms with van der Waals surface area (Å²) in [5.74, 6) is -0.858. The fraction of sp³-hybridized carbons (Fsp3) is 0.200. The van der Waals surface area contributed by atoms with Crippen molar-refractivity contribution >= 4 is 11.6 Å². The van der Waals surface area contributed by atoms with Crippen molar-refractivity contribution in [2.24, 2.45) is 0 Å². The summed E-state index contributed by atoms with van der Waals surface area (Å²) >= 11 is 0. The molecule has 1 aromatic heterocycles. The van der Waals surface area contributed by atoms with Crippen molar-refractivity contribution in [3.8, 4) is 5.75 Å². The highest BCUT2D eigenvalue weighted by atomic mass is 16.6. The first-order valence-corrected chi connectivity index (χ1v) is 6.57. The first kappa shape index (κ1) is 15.4. The molecule has 0 fully saturated rings. The van der Waals surface area contributed by atoms with Crippen LogP contribution in [0.4, 0.5) is 5.69 Å². The summed E-state index contributed by atoms with van der Waals surface area (Å²) in [5, 5.41) is 20.3. The van der Waals surface area contributed by atoms with E-state index in [9.17, 15) is 20.0 Å². The number of amides is 1. The van der Waals surface area contributed by atoms with Gasteiger partial charge in [-0.05, 0) is 31.2 Å². The van der Waals surface area contributed by atoms with Gasteiger partial charge in [0.05, 0.1) is 16.7 Å². The zero-order chi connectivity index (χ0) is 16.3. The molecule has 2 rings (SSSR count). The van der Waals surface area contributed by atoms with Crippen LogP contribution in [0.3, 0.4) is 0 Å². The number of aromatic nitrogens is 1. The van der Waals surface area contributed by atoms with Crippen molar-refractivity contribution in [3.63, 3.8) is 0 Å². The van der Waals surface area contributed by atoms with Crippen LogP contribution < -0.4 is 0 Å². The molecule has 22 heavy (non-hydrogen) atoms. The summed E-state index contributed by atoms with van der Waals surface area (Å²) in [5.41, 5.74) is 0.353. The normalized spacial score (nSPS) is 11.7. The first-order chi connectivity index (χ1) is 10.4. The molecule has 7 nitrogen and oxygen atoms in total. The highest BCUT2D eigenvalue weighted by Crippen LogP contribution is 2.27. The lowest BCUT2D eigenvalue weighted by Gasteiger charge is -2.24. The lowest BCUT2D eigenvalue weighted by atomic mass is 10.1. The van der Waals surface area contributed by atoms with Gasteiger partial charge in [0, 0.05) is 24.9 Å². The average molecular weight is 301 g/mol. The molecule has 0 saturated carbocycles. The maximum atomic E-state index is 12.4. The fourth-order valence-corrected chi connectivity index (χ4v) is 2.00.